The smallest absolute Gasteiger partial charge is 0.231 e. The van der Waals surface area contributed by atoms with Crippen molar-refractivity contribution in [3.63, 3.8) is 0 Å². The molecule has 0 radical (unpaired) electrons. The van der Waals surface area contributed by atoms with Gasteiger partial charge in [-0.3, -0.25) is 4.79 Å². The van der Waals surface area contributed by atoms with E-state index in [1.807, 2.05) is 24.3 Å². The molecule has 0 bridgehead atoms. The number of nitrogens with one attached hydrogen (secondary N) is 1. The van der Waals surface area contributed by atoms with Crippen molar-refractivity contribution in [1.82, 2.24) is 5.32 Å². The summed E-state index contributed by atoms with van der Waals surface area (Å²) >= 11 is 0. The number of benzene rings is 2. The second-order valence-electron chi connectivity index (χ2n) is 7.72. The normalized spacial score (nSPS) is 17.4. The van der Waals surface area contributed by atoms with Crippen molar-refractivity contribution in [3.05, 3.63) is 71.8 Å². The monoisotopic (exact) mass is 335 g/mol. The van der Waals surface area contributed by atoms with Crippen LogP contribution in [0.3, 0.4) is 0 Å². The first-order chi connectivity index (χ1) is 12.1. The quantitative estimate of drug-likeness (QED) is 0.752. The Morgan fingerprint density at radius 1 is 0.960 bits per heavy atom. The maximum absolute atomic E-state index is 13.4. The lowest BCUT2D eigenvalue weighted by Gasteiger charge is -2.31. The van der Waals surface area contributed by atoms with Crippen LogP contribution >= 0.6 is 0 Å². The Morgan fingerprint density at radius 3 is 2.08 bits per heavy atom. The van der Waals surface area contributed by atoms with Gasteiger partial charge in [-0.2, -0.15) is 0 Å². The van der Waals surface area contributed by atoms with Gasteiger partial charge >= 0.3 is 0 Å². The fourth-order valence-corrected chi connectivity index (χ4v) is 4.11. The van der Waals surface area contributed by atoms with Gasteiger partial charge in [0.2, 0.25) is 5.91 Å². The molecule has 1 aliphatic rings. The summed E-state index contributed by atoms with van der Waals surface area (Å²) in [5.41, 5.74) is 2.01. The highest BCUT2D eigenvalue weighted by Gasteiger charge is 2.43. The Hall–Kier alpha value is -2.09. The molecule has 3 rings (SSSR count). The summed E-state index contributed by atoms with van der Waals surface area (Å²) < 4.78 is 0. The maximum Gasteiger partial charge on any atom is 0.231 e. The number of carbonyl (C=O) groups is 1. The second kappa shape index (κ2) is 7.86. The lowest BCUT2D eigenvalue weighted by atomic mass is 9.77. The number of amides is 1. The van der Waals surface area contributed by atoms with Gasteiger partial charge in [-0.15, -0.1) is 0 Å². The highest BCUT2D eigenvalue weighted by molar-refractivity contribution is 5.89. The first-order valence-corrected chi connectivity index (χ1v) is 9.53. The molecule has 2 nitrogen and oxygen atoms in total. The van der Waals surface area contributed by atoms with E-state index in [1.54, 1.807) is 0 Å². The third-order valence-corrected chi connectivity index (χ3v) is 5.43. The topological polar surface area (TPSA) is 29.1 Å². The fourth-order valence-electron chi connectivity index (χ4n) is 4.11. The van der Waals surface area contributed by atoms with Crippen molar-refractivity contribution < 1.29 is 4.79 Å². The van der Waals surface area contributed by atoms with Crippen LogP contribution in [-0.4, -0.2) is 5.91 Å². The Balaban J connectivity index is 1.86. The Bertz CT molecular complexity index is 672. The Labute approximate surface area is 151 Å². The van der Waals surface area contributed by atoms with Crippen LogP contribution in [-0.2, 0) is 10.2 Å². The van der Waals surface area contributed by atoms with Gasteiger partial charge in [0.15, 0.2) is 0 Å². The summed E-state index contributed by atoms with van der Waals surface area (Å²) in [6.07, 6.45) is 5.11. The van der Waals surface area contributed by atoms with Gasteiger partial charge in [0, 0.05) is 0 Å². The van der Waals surface area contributed by atoms with Gasteiger partial charge in [0.25, 0.3) is 0 Å². The van der Waals surface area contributed by atoms with E-state index >= 15 is 0 Å². The molecule has 1 fully saturated rings. The molecule has 0 aromatic heterocycles. The molecule has 1 unspecified atom stereocenters. The van der Waals surface area contributed by atoms with Gasteiger partial charge in [0.1, 0.15) is 0 Å². The molecular formula is C23H29NO. The molecule has 0 aliphatic heterocycles. The largest absolute Gasteiger partial charge is 0.349 e. The minimum atomic E-state index is -0.356. The highest BCUT2D eigenvalue weighted by Crippen LogP contribution is 2.42. The van der Waals surface area contributed by atoms with Crippen molar-refractivity contribution in [2.75, 3.05) is 0 Å². The summed E-state index contributed by atoms with van der Waals surface area (Å²) in [6, 6.07) is 20.8. The summed E-state index contributed by atoms with van der Waals surface area (Å²) in [6.45, 7) is 4.43. The van der Waals surface area contributed by atoms with Crippen molar-refractivity contribution in [3.8, 4) is 0 Å². The predicted molar refractivity (Wildman–Crippen MR) is 103 cm³/mol. The summed E-state index contributed by atoms with van der Waals surface area (Å²) in [5, 5.41) is 3.41. The van der Waals surface area contributed by atoms with Crippen molar-refractivity contribution in [1.29, 1.82) is 0 Å². The zero-order valence-electron chi connectivity index (χ0n) is 15.4. The van der Waals surface area contributed by atoms with Crippen LogP contribution < -0.4 is 5.32 Å². The molecule has 1 atom stereocenters. The molecule has 2 aromatic carbocycles. The van der Waals surface area contributed by atoms with Crippen LogP contribution in [0.15, 0.2) is 60.7 Å². The Kier molecular flexibility index (Phi) is 5.57. The zero-order chi connectivity index (χ0) is 17.7. The number of carbonyl (C=O) groups excluding carboxylic acids is 1. The summed E-state index contributed by atoms with van der Waals surface area (Å²) in [4.78, 5) is 13.4. The molecule has 1 saturated carbocycles. The molecule has 0 saturated heterocycles. The molecule has 1 aliphatic carbocycles. The van der Waals surface area contributed by atoms with E-state index in [0.717, 1.165) is 32.1 Å². The van der Waals surface area contributed by atoms with Gasteiger partial charge in [0.05, 0.1) is 11.5 Å². The van der Waals surface area contributed by atoms with E-state index in [0.29, 0.717) is 5.92 Å². The first kappa shape index (κ1) is 17.7. The minimum absolute atomic E-state index is 0.0786. The highest BCUT2D eigenvalue weighted by atomic mass is 16.2. The number of hydrogen-bond donors (Lipinski definition) is 1. The number of hydrogen-bond acceptors (Lipinski definition) is 1. The van der Waals surface area contributed by atoms with Gasteiger partial charge < -0.3 is 5.32 Å². The van der Waals surface area contributed by atoms with Crippen LogP contribution in [0.2, 0.25) is 0 Å². The average molecular weight is 335 g/mol. The standard InChI is InChI=1S/C23H29NO/c1-18(2)17-21(19-11-5-3-6-12-19)24-22(25)23(15-9-10-16-23)20-13-7-4-8-14-20/h3-8,11-14,18,21H,9-10,15-17H2,1-2H3,(H,24,25). The van der Waals surface area contributed by atoms with E-state index in [1.165, 1.54) is 11.1 Å². The molecule has 1 N–H and O–H groups in total. The third-order valence-electron chi connectivity index (χ3n) is 5.43. The predicted octanol–water partition coefficient (Wildman–Crippen LogP) is 5.40. The molecule has 132 valence electrons. The first-order valence-electron chi connectivity index (χ1n) is 9.53. The lowest BCUT2D eigenvalue weighted by Crippen LogP contribution is -2.44. The van der Waals surface area contributed by atoms with E-state index < -0.39 is 0 Å². The van der Waals surface area contributed by atoms with E-state index in [4.69, 9.17) is 0 Å². The van der Waals surface area contributed by atoms with E-state index in [9.17, 15) is 4.79 Å². The third kappa shape index (κ3) is 3.95. The molecule has 0 heterocycles. The van der Waals surface area contributed by atoms with Crippen LogP contribution in [0, 0.1) is 5.92 Å². The molecule has 2 aromatic rings. The Morgan fingerprint density at radius 2 is 1.52 bits per heavy atom. The van der Waals surface area contributed by atoms with Gasteiger partial charge in [-0.25, -0.2) is 0 Å². The molecule has 1 amide bonds. The summed E-state index contributed by atoms with van der Waals surface area (Å²) in [7, 11) is 0. The second-order valence-corrected chi connectivity index (χ2v) is 7.72. The zero-order valence-corrected chi connectivity index (χ0v) is 15.4. The van der Waals surface area contributed by atoms with Crippen molar-refractivity contribution in [2.24, 2.45) is 5.92 Å². The van der Waals surface area contributed by atoms with E-state index in [-0.39, 0.29) is 17.4 Å². The van der Waals surface area contributed by atoms with Crippen LogP contribution in [0.5, 0.6) is 0 Å². The average Bonchev–Trinajstić information content (AvgIpc) is 3.13. The van der Waals surface area contributed by atoms with Crippen molar-refractivity contribution >= 4 is 5.91 Å². The maximum atomic E-state index is 13.4. The molecule has 0 spiro atoms. The van der Waals surface area contributed by atoms with Crippen molar-refractivity contribution in [2.45, 2.75) is 57.4 Å². The fraction of sp³-hybridized carbons (Fsp3) is 0.435. The van der Waals surface area contributed by atoms with Gasteiger partial charge in [-0.05, 0) is 36.3 Å². The summed E-state index contributed by atoms with van der Waals surface area (Å²) in [5.74, 6) is 0.729. The number of rotatable bonds is 6. The van der Waals surface area contributed by atoms with E-state index in [2.05, 4.69) is 55.6 Å². The van der Waals surface area contributed by atoms with Gasteiger partial charge in [-0.1, -0.05) is 87.4 Å². The lowest BCUT2D eigenvalue weighted by molar-refractivity contribution is -0.127. The van der Waals surface area contributed by atoms with Crippen LogP contribution in [0.1, 0.15) is 63.1 Å². The molecular weight excluding hydrogens is 306 g/mol. The SMILES string of the molecule is CC(C)CC(NC(=O)C1(c2ccccc2)CCCC1)c1ccccc1. The minimum Gasteiger partial charge on any atom is -0.349 e. The molecule has 2 heteroatoms. The van der Waals surface area contributed by atoms with Crippen LogP contribution in [0.4, 0.5) is 0 Å². The molecule has 25 heavy (non-hydrogen) atoms. The van der Waals surface area contributed by atoms with Crippen LogP contribution in [0.25, 0.3) is 0 Å².